The SMILES string of the molecule is CC1CC(C=[N+](C)C)=C2Oc3ccc4ccccc4c3C(Cl)=C2C1.[O-][Cl+3]([O-])([O-])[O-]. The molecule has 0 N–H and O–H groups in total. The van der Waals surface area contributed by atoms with Gasteiger partial charge in [-0.05, 0) is 35.6 Å². The van der Waals surface area contributed by atoms with Crippen LogP contribution in [-0.2, 0) is 0 Å². The van der Waals surface area contributed by atoms with E-state index >= 15 is 0 Å². The largest absolute Gasteiger partial charge is 0.456 e. The number of rotatable bonds is 1. The summed E-state index contributed by atoms with van der Waals surface area (Å²) in [6.07, 6.45) is 4.13. The van der Waals surface area contributed by atoms with Crippen molar-refractivity contribution in [1.82, 2.24) is 0 Å². The predicted molar refractivity (Wildman–Crippen MR) is 101 cm³/mol. The van der Waals surface area contributed by atoms with E-state index in [0.29, 0.717) is 5.92 Å². The van der Waals surface area contributed by atoms with Crippen molar-refractivity contribution >= 4 is 33.6 Å². The average molecular weight is 438 g/mol. The second-order valence-corrected chi connectivity index (χ2v) is 8.53. The third-order valence-corrected chi connectivity index (χ3v) is 5.11. The van der Waals surface area contributed by atoms with Gasteiger partial charge in [-0.2, -0.15) is 0 Å². The van der Waals surface area contributed by atoms with Crippen LogP contribution < -0.4 is 23.4 Å². The fourth-order valence-corrected chi connectivity index (χ4v) is 4.10. The van der Waals surface area contributed by atoms with Crippen LogP contribution in [0.3, 0.4) is 0 Å². The van der Waals surface area contributed by atoms with Gasteiger partial charge in [-0.3, -0.25) is 0 Å². The maximum Gasteiger partial charge on any atom is 0.169 e. The van der Waals surface area contributed by atoms with Crippen LogP contribution in [0.15, 0.2) is 53.3 Å². The molecule has 2 aromatic carbocycles. The van der Waals surface area contributed by atoms with E-state index in [1.165, 1.54) is 11.0 Å². The Hall–Kier alpha value is -1.93. The lowest BCUT2D eigenvalue weighted by Crippen LogP contribution is -2.68. The molecule has 0 aromatic heterocycles. The first-order valence-electron chi connectivity index (χ1n) is 8.99. The van der Waals surface area contributed by atoms with Crippen molar-refractivity contribution in [3.63, 3.8) is 0 Å². The lowest BCUT2D eigenvalue weighted by atomic mass is 9.83. The lowest BCUT2D eigenvalue weighted by Gasteiger charge is -2.30. The van der Waals surface area contributed by atoms with E-state index < -0.39 is 10.2 Å². The molecule has 0 radical (unpaired) electrons. The number of hydrogen-bond acceptors (Lipinski definition) is 5. The maximum absolute atomic E-state index is 8.49. The molecule has 2 aliphatic rings. The number of nitrogens with zero attached hydrogens (tertiary/aromatic N) is 1. The van der Waals surface area contributed by atoms with E-state index in [-0.39, 0.29) is 0 Å². The molecule has 2 aromatic rings. The van der Waals surface area contributed by atoms with E-state index in [2.05, 4.69) is 48.0 Å². The monoisotopic (exact) mass is 437 g/mol. The van der Waals surface area contributed by atoms with Gasteiger partial charge in [0.05, 0.1) is 10.6 Å². The zero-order valence-corrected chi connectivity index (χ0v) is 17.8. The van der Waals surface area contributed by atoms with Gasteiger partial charge in [-0.15, -0.1) is 10.2 Å². The number of benzene rings is 2. The summed E-state index contributed by atoms with van der Waals surface area (Å²) >= 11 is 6.90. The van der Waals surface area contributed by atoms with Gasteiger partial charge >= 0.3 is 0 Å². The molecule has 0 fully saturated rings. The standard InChI is InChI=1S/C21H21ClNO.ClHO4/c1-13-10-15(12-23(2)3)21-17(11-13)20(22)19-16-7-5-4-6-14(16)8-9-18(19)24-21;2-1(3,4)5/h4-9,12-13H,10-11H2,1-3H3;(H,2,3,4,5)/q+1;/p-1. The zero-order chi connectivity index (χ0) is 21.3. The normalized spacial score (nSPS) is 18.4. The summed E-state index contributed by atoms with van der Waals surface area (Å²) in [6.45, 7) is 2.27. The molecule has 6 nitrogen and oxygen atoms in total. The van der Waals surface area contributed by atoms with Crippen LogP contribution in [0.4, 0.5) is 0 Å². The first-order chi connectivity index (χ1) is 13.5. The zero-order valence-electron chi connectivity index (χ0n) is 16.3. The molecule has 29 heavy (non-hydrogen) atoms. The van der Waals surface area contributed by atoms with Crippen LogP contribution >= 0.6 is 11.6 Å². The molecule has 4 rings (SSSR count). The van der Waals surface area contributed by atoms with Crippen LogP contribution in [0, 0.1) is 16.2 Å². The van der Waals surface area contributed by atoms with Crippen LogP contribution in [0.25, 0.3) is 15.8 Å². The predicted octanol–water partition coefficient (Wildman–Crippen LogP) is 0.453. The molecule has 1 heterocycles. The van der Waals surface area contributed by atoms with Gasteiger partial charge in [0, 0.05) is 11.1 Å². The molecule has 0 amide bonds. The molecule has 0 saturated heterocycles. The number of allylic oxidation sites excluding steroid dienone is 2. The van der Waals surface area contributed by atoms with E-state index in [1.807, 2.05) is 20.2 Å². The van der Waals surface area contributed by atoms with E-state index in [1.54, 1.807) is 0 Å². The fraction of sp³-hybridized carbons (Fsp3) is 0.286. The van der Waals surface area contributed by atoms with Gasteiger partial charge in [0.2, 0.25) is 0 Å². The highest BCUT2D eigenvalue weighted by Gasteiger charge is 2.32. The lowest BCUT2D eigenvalue weighted by molar-refractivity contribution is -2.00. The molecule has 0 bridgehead atoms. The highest BCUT2D eigenvalue weighted by atomic mass is 35.7. The van der Waals surface area contributed by atoms with Gasteiger partial charge < -0.3 is 4.74 Å². The van der Waals surface area contributed by atoms with Crippen molar-refractivity contribution in [2.24, 2.45) is 5.92 Å². The first-order valence-corrected chi connectivity index (χ1v) is 10.6. The summed E-state index contributed by atoms with van der Waals surface area (Å²) in [5.41, 5.74) is 3.41. The van der Waals surface area contributed by atoms with Crippen molar-refractivity contribution in [3.05, 3.63) is 58.9 Å². The molecule has 1 atom stereocenters. The van der Waals surface area contributed by atoms with Gasteiger partial charge in [0.1, 0.15) is 25.6 Å². The fourth-order valence-electron chi connectivity index (χ4n) is 3.74. The van der Waals surface area contributed by atoms with Crippen molar-refractivity contribution < 1.29 is 38.2 Å². The van der Waals surface area contributed by atoms with Crippen molar-refractivity contribution in [3.8, 4) is 5.75 Å². The van der Waals surface area contributed by atoms with Crippen molar-refractivity contribution in [2.75, 3.05) is 14.1 Å². The summed E-state index contributed by atoms with van der Waals surface area (Å²) in [6, 6.07) is 12.5. The second kappa shape index (κ2) is 8.44. The molecule has 1 aliphatic heterocycles. The molecular weight excluding hydrogens is 417 g/mol. The Labute approximate surface area is 176 Å². The Kier molecular flexibility index (Phi) is 6.33. The Morgan fingerprint density at radius 2 is 1.72 bits per heavy atom. The number of fused-ring (bicyclic) bond motifs is 4. The minimum absolute atomic E-state index is 0.559. The highest BCUT2D eigenvalue weighted by Crippen LogP contribution is 2.48. The summed E-state index contributed by atoms with van der Waals surface area (Å²) in [4.78, 5) is 0. The average Bonchev–Trinajstić information content (AvgIpc) is 2.60. The molecule has 1 aliphatic carbocycles. The summed E-state index contributed by atoms with van der Waals surface area (Å²) < 4.78 is 42.4. The minimum atomic E-state index is -4.94. The topological polar surface area (TPSA) is 104 Å². The van der Waals surface area contributed by atoms with E-state index in [4.69, 9.17) is 35.0 Å². The summed E-state index contributed by atoms with van der Waals surface area (Å²) in [5, 5.41) is 3.19. The van der Waals surface area contributed by atoms with Gasteiger partial charge in [0.15, 0.2) is 6.21 Å². The number of hydrogen-bond donors (Lipinski definition) is 0. The third kappa shape index (κ3) is 5.17. The van der Waals surface area contributed by atoms with Gasteiger partial charge in [-0.25, -0.2) is 23.2 Å². The van der Waals surface area contributed by atoms with Crippen molar-refractivity contribution in [1.29, 1.82) is 0 Å². The van der Waals surface area contributed by atoms with Crippen LogP contribution in [0.5, 0.6) is 5.75 Å². The highest BCUT2D eigenvalue weighted by molar-refractivity contribution is 6.51. The van der Waals surface area contributed by atoms with Crippen LogP contribution in [-0.4, -0.2) is 24.9 Å². The molecule has 154 valence electrons. The third-order valence-electron chi connectivity index (χ3n) is 4.69. The first kappa shape index (κ1) is 21.8. The summed E-state index contributed by atoms with van der Waals surface area (Å²) in [7, 11) is -0.857. The van der Waals surface area contributed by atoms with Gasteiger partial charge in [-0.1, -0.05) is 48.9 Å². The minimum Gasteiger partial charge on any atom is -0.456 e. The molecule has 0 spiro atoms. The Morgan fingerprint density at radius 3 is 2.38 bits per heavy atom. The second-order valence-electron chi connectivity index (χ2n) is 7.39. The molecule has 0 saturated carbocycles. The summed E-state index contributed by atoms with van der Waals surface area (Å²) in [5.74, 6) is 2.37. The van der Waals surface area contributed by atoms with E-state index in [0.717, 1.165) is 45.9 Å². The van der Waals surface area contributed by atoms with Crippen molar-refractivity contribution in [2.45, 2.75) is 19.8 Å². The van der Waals surface area contributed by atoms with E-state index in [9.17, 15) is 0 Å². The van der Waals surface area contributed by atoms with Crippen LogP contribution in [0.2, 0.25) is 0 Å². The Balaban J connectivity index is 0.000000431. The maximum atomic E-state index is 8.49. The number of halogens is 2. The Morgan fingerprint density at radius 1 is 1.07 bits per heavy atom. The molecule has 8 heteroatoms. The molecule has 1 unspecified atom stereocenters. The Bertz CT molecular complexity index is 1030. The molecular formula is C21H21Cl2NO5. The quantitative estimate of drug-likeness (QED) is 0.475. The smallest absolute Gasteiger partial charge is 0.169 e. The number of ether oxygens (including phenoxy) is 1. The van der Waals surface area contributed by atoms with Gasteiger partial charge in [0.25, 0.3) is 0 Å². The van der Waals surface area contributed by atoms with Crippen LogP contribution in [0.1, 0.15) is 25.3 Å².